The number of aromatic nitrogens is 3. The Morgan fingerprint density at radius 2 is 1.67 bits per heavy atom. The van der Waals surface area contributed by atoms with Crippen LogP contribution in [0, 0.1) is 0 Å². The fourth-order valence-electron chi connectivity index (χ4n) is 2.04. The largest absolute Gasteiger partial charge is 0.493 e. The Labute approximate surface area is 123 Å². The highest BCUT2D eigenvalue weighted by atomic mass is 16.5. The molecule has 7 nitrogen and oxygen atoms in total. The van der Waals surface area contributed by atoms with E-state index in [0.29, 0.717) is 36.2 Å². The predicted octanol–water partition coefficient (Wildman–Crippen LogP) is 1.62. The number of rotatable bonds is 7. The first kappa shape index (κ1) is 15.1. The summed E-state index contributed by atoms with van der Waals surface area (Å²) in [7, 11) is 6.39. The second-order valence-electron chi connectivity index (χ2n) is 4.25. The zero-order valence-electron chi connectivity index (χ0n) is 12.6. The molecule has 114 valence electrons. The van der Waals surface area contributed by atoms with Crippen molar-refractivity contribution in [2.24, 2.45) is 0 Å². The van der Waals surface area contributed by atoms with Crippen molar-refractivity contribution in [1.82, 2.24) is 14.8 Å². The van der Waals surface area contributed by atoms with Crippen LogP contribution in [0.25, 0.3) is 11.4 Å². The first-order valence-corrected chi connectivity index (χ1v) is 6.42. The van der Waals surface area contributed by atoms with E-state index in [2.05, 4.69) is 10.2 Å². The third-order valence-electron chi connectivity index (χ3n) is 3.07. The second kappa shape index (κ2) is 6.94. The molecule has 0 saturated carbocycles. The van der Waals surface area contributed by atoms with Gasteiger partial charge in [-0.2, -0.15) is 0 Å². The Morgan fingerprint density at radius 1 is 1.00 bits per heavy atom. The van der Waals surface area contributed by atoms with E-state index < -0.39 is 0 Å². The highest BCUT2D eigenvalue weighted by Gasteiger charge is 2.16. The topological polar surface area (TPSA) is 67.6 Å². The fraction of sp³-hybridized carbons (Fsp3) is 0.429. The molecule has 2 aromatic rings. The van der Waals surface area contributed by atoms with Gasteiger partial charge in [0.2, 0.25) is 5.75 Å². The van der Waals surface area contributed by atoms with Gasteiger partial charge in [0.15, 0.2) is 17.3 Å². The second-order valence-corrected chi connectivity index (χ2v) is 4.25. The van der Waals surface area contributed by atoms with E-state index in [0.717, 1.165) is 5.56 Å². The Balaban J connectivity index is 2.47. The lowest BCUT2D eigenvalue weighted by molar-refractivity contribution is 0.187. The van der Waals surface area contributed by atoms with Crippen LogP contribution in [0.2, 0.25) is 0 Å². The summed E-state index contributed by atoms with van der Waals surface area (Å²) in [5.41, 5.74) is 0.832. The van der Waals surface area contributed by atoms with Crippen LogP contribution in [-0.2, 0) is 11.3 Å². The minimum absolute atomic E-state index is 0.548. The molecule has 1 aromatic heterocycles. The minimum atomic E-state index is 0.548. The van der Waals surface area contributed by atoms with E-state index in [1.54, 1.807) is 34.8 Å². The summed E-state index contributed by atoms with van der Waals surface area (Å²) in [6.45, 7) is 1.24. The van der Waals surface area contributed by atoms with Crippen LogP contribution in [-0.4, -0.2) is 49.8 Å². The van der Waals surface area contributed by atoms with Gasteiger partial charge in [0.25, 0.3) is 0 Å². The van der Waals surface area contributed by atoms with Gasteiger partial charge in [-0.15, -0.1) is 10.2 Å². The van der Waals surface area contributed by atoms with Gasteiger partial charge in [-0.1, -0.05) is 0 Å². The summed E-state index contributed by atoms with van der Waals surface area (Å²) in [5.74, 6) is 2.42. The number of nitrogens with zero attached hydrogens (tertiary/aromatic N) is 3. The van der Waals surface area contributed by atoms with Crippen molar-refractivity contribution >= 4 is 0 Å². The Bertz CT molecular complexity index is 573. The number of methoxy groups -OCH3 is 4. The van der Waals surface area contributed by atoms with E-state index in [-0.39, 0.29) is 0 Å². The average molecular weight is 293 g/mol. The normalized spacial score (nSPS) is 10.5. The Morgan fingerprint density at radius 3 is 2.19 bits per heavy atom. The van der Waals surface area contributed by atoms with Crippen molar-refractivity contribution in [2.75, 3.05) is 35.0 Å². The highest BCUT2D eigenvalue weighted by molar-refractivity contribution is 5.66. The van der Waals surface area contributed by atoms with E-state index in [1.807, 2.05) is 16.7 Å². The molecule has 0 aliphatic heterocycles. The van der Waals surface area contributed by atoms with Crippen LogP contribution in [0.15, 0.2) is 18.5 Å². The van der Waals surface area contributed by atoms with Crippen LogP contribution in [0.1, 0.15) is 0 Å². The van der Waals surface area contributed by atoms with Crippen molar-refractivity contribution in [3.63, 3.8) is 0 Å². The molecule has 0 N–H and O–H groups in total. The zero-order valence-corrected chi connectivity index (χ0v) is 12.6. The van der Waals surface area contributed by atoms with Crippen LogP contribution < -0.4 is 14.2 Å². The molecule has 0 atom stereocenters. The lowest BCUT2D eigenvalue weighted by Gasteiger charge is -2.14. The molecule has 0 amide bonds. The first-order chi connectivity index (χ1) is 10.2. The molecule has 0 unspecified atom stereocenters. The predicted molar refractivity (Wildman–Crippen MR) is 77.0 cm³/mol. The highest BCUT2D eigenvalue weighted by Crippen LogP contribution is 2.40. The third kappa shape index (κ3) is 3.08. The standard InChI is InChI=1S/C14H19N3O4/c1-18-6-5-17-9-15-16-14(17)10-7-11(19-2)13(21-4)12(8-10)20-3/h7-9H,5-6H2,1-4H3. The number of hydrogen-bond acceptors (Lipinski definition) is 6. The van der Waals surface area contributed by atoms with Crippen LogP contribution in [0.4, 0.5) is 0 Å². The maximum Gasteiger partial charge on any atom is 0.203 e. The molecule has 0 fully saturated rings. The Kier molecular flexibility index (Phi) is 4.99. The maximum atomic E-state index is 5.35. The molecule has 1 aromatic carbocycles. The molecule has 0 radical (unpaired) electrons. The first-order valence-electron chi connectivity index (χ1n) is 6.42. The summed E-state index contributed by atoms with van der Waals surface area (Å²) in [6, 6.07) is 3.68. The van der Waals surface area contributed by atoms with Gasteiger partial charge in [-0.25, -0.2) is 0 Å². The fourth-order valence-corrected chi connectivity index (χ4v) is 2.04. The van der Waals surface area contributed by atoms with Gasteiger partial charge in [0.1, 0.15) is 6.33 Å². The molecule has 0 aliphatic carbocycles. The maximum absolute atomic E-state index is 5.35. The molecule has 21 heavy (non-hydrogen) atoms. The zero-order chi connectivity index (χ0) is 15.2. The lowest BCUT2D eigenvalue weighted by atomic mass is 10.1. The van der Waals surface area contributed by atoms with E-state index in [1.165, 1.54) is 0 Å². The van der Waals surface area contributed by atoms with Crippen LogP contribution in [0.3, 0.4) is 0 Å². The summed E-state index contributed by atoms with van der Waals surface area (Å²) in [5, 5.41) is 8.10. The number of hydrogen-bond donors (Lipinski definition) is 0. The number of benzene rings is 1. The summed E-state index contributed by atoms with van der Waals surface area (Å²) in [4.78, 5) is 0. The van der Waals surface area contributed by atoms with Gasteiger partial charge < -0.3 is 23.5 Å². The monoisotopic (exact) mass is 293 g/mol. The van der Waals surface area contributed by atoms with Crippen molar-refractivity contribution < 1.29 is 18.9 Å². The molecule has 7 heteroatoms. The van der Waals surface area contributed by atoms with Gasteiger partial charge in [-0.3, -0.25) is 0 Å². The number of ether oxygens (including phenoxy) is 4. The quantitative estimate of drug-likeness (QED) is 0.772. The van der Waals surface area contributed by atoms with E-state index in [4.69, 9.17) is 18.9 Å². The van der Waals surface area contributed by atoms with Crippen LogP contribution >= 0.6 is 0 Å². The molecular weight excluding hydrogens is 274 g/mol. The lowest BCUT2D eigenvalue weighted by Crippen LogP contribution is -2.05. The van der Waals surface area contributed by atoms with E-state index >= 15 is 0 Å². The van der Waals surface area contributed by atoms with Gasteiger partial charge >= 0.3 is 0 Å². The SMILES string of the molecule is COCCn1cnnc1-c1cc(OC)c(OC)c(OC)c1. The molecule has 0 bridgehead atoms. The molecular formula is C14H19N3O4. The molecule has 0 saturated heterocycles. The molecule has 0 aliphatic rings. The van der Waals surface area contributed by atoms with Crippen LogP contribution in [0.5, 0.6) is 17.2 Å². The Hall–Kier alpha value is -2.28. The molecule has 1 heterocycles. The van der Waals surface area contributed by atoms with Crippen molar-refractivity contribution in [2.45, 2.75) is 6.54 Å². The van der Waals surface area contributed by atoms with Crippen molar-refractivity contribution in [3.8, 4) is 28.6 Å². The molecule has 0 spiro atoms. The minimum Gasteiger partial charge on any atom is -0.493 e. The summed E-state index contributed by atoms with van der Waals surface area (Å²) in [6.07, 6.45) is 1.66. The molecule has 2 rings (SSSR count). The average Bonchev–Trinajstić information content (AvgIpc) is 2.99. The summed E-state index contributed by atoms with van der Waals surface area (Å²) >= 11 is 0. The van der Waals surface area contributed by atoms with Gasteiger partial charge in [0.05, 0.1) is 27.9 Å². The summed E-state index contributed by atoms with van der Waals surface area (Å²) < 4.78 is 23.0. The van der Waals surface area contributed by atoms with E-state index in [9.17, 15) is 0 Å². The van der Waals surface area contributed by atoms with Crippen molar-refractivity contribution in [3.05, 3.63) is 18.5 Å². The smallest absolute Gasteiger partial charge is 0.203 e. The van der Waals surface area contributed by atoms with Gasteiger partial charge in [0, 0.05) is 19.2 Å². The third-order valence-corrected chi connectivity index (χ3v) is 3.07. The van der Waals surface area contributed by atoms with Gasteiger partial charge in [-0.05, 0) is 12.1 Å². The van der Waals surface area contributed by atoms with Crippen molar-refractivity contribution in [1.29, 1.82) is 0 Å².